The summed E-state index contributed by atoms with van der Waals surface area (Å²) in [6.45, 7) is 0. The fourth-order valence-electron chi connectivity index (χ4n) is 5.07. The first kappa shape index (κ1) is 26.2. The highest BCUT2D eigenvalue weighted by Gasteiger charge is 2.36. The molecule has 0 saturated heterocycles. The molecule has 0 amide bonds. The fraction of sp³-hybridized carbons (Fsp3) is 0. The smallest absolute Gasteiger partial charge is 0.449 e. The summed E-state index contributed by atoms with van der Waals surface area (Å²) in [7, 11) is -2.63. The fourth-order valence-corrected chi connectivity index (χ4v) is 7.95. The molecule has 0 bridgehead atoms. The first-order valence-electron chi connectivity index (χ1n) is 13.4. The van der Waals surface area contributed by atoms with E-state index < -0.39 is 16.5 Å². The molecule has 3 nitrogen and oxygen atoms in total. The van der Waals surface area contributed by atoms with Crippen LogP contribution in [-0.2, 0) is 4.18 Å². The van der Waals surface area contributed by atoms with E-state index in [0.717, 1.165) is 48.1 Å². The van der Waals surface area contributed by atoms with Crippen LogP contribution in [0.3, 0.4) is 0 Å². The second-order valence-corrected chi connectivity index (χ2v) is 12.3. The van der Waals surface area contributed by atoms with Gasteiger partial charge in [-0.05, 0) is 80.1 Å². The van der Waals surface area contributed by atoms with Crippen molar-refractivity contribution in [2.24, 2.45) is 0 Å². The van der Waals surface area contributed by atoms with Gasteiger partial charge in [0.15, 0.2) is 0 Å². The van der Waals surface area contributed by atoms with Crippen LogP contribution in [0.5, 0.6) is 0 Å². The van der Waals surface area contributed by atoms with Crippen molar-refractivity contribution in [2.75, 3.05) is 0 Å². The largest absolute Gasteiger partial charge is 0.517 e. The third-order valence-electron chi connectivity index (χ3n) is 7.08. The van der Waals surface area contributed by atoms with E-state index >= 15 is 0 Å². The lowest BCUT2D eigenvalue weighted by atomic mass is 10.1. The number of carboxylic acid groups (broad SMARTS) is 1. The summed E-state index contributed by atoms with van der Waals surface area (Å²) in [5.74, 6) is 0. The Morgan fingerprint density at radius 1 is 0.390 bits per heavy atom. The molecule has 0 heterocycles. The molecule has 200 valence electrons. The van der Waals surface area contributed by atoms with E-state index in [9.17, 15) is 9.90 Å². The van der Waals surface area contributed by atoms with Crippen LogP contribution in [0.2, 0.25) is 0 Å². The lowest BCUT2D eigenvalue weighted by molar-refractivity contribution is 0.150. The van der Waals surface area contributed by atoms with Crippen molar-refractivity contribution in [1.82, 2.24) is 0 Å². The van der Waals surface area contributed by atoms with Crippen LogP contribution < -0.4 is 0 Å². The minimum Gasteiger partial charge on any atom is -0.449 e. The van der Waals surface area contributed by atoms with E-state index in [0.29, 0.717) is 0 Å². The Morgan fingerprint density at radius 3 is 0.878 bits per heavy atom. The summed E-state index contributed by atoms with van der Waals surface area (Å²) in [4.78, 5) is 14.8. The zero-order valence-electron chi connectivity index (χ0n) is 22.3. The van der Waals surface area contributed by atoms with Crippen LogP contribution in [-0.4, -0.2) is 11.3 Å². The summed E-state index contributed by atoms with van der Waals surface area (Å²) in [5, 5.41) is 10.1. The quantitative estimate of drug-likeness (QED) is 0.214. The van der Waals surface area contributed by atoms with Crippen LogP contribution in [0.15, 0.2) is 178 Å². The molecular formula is C37H28O3S. The summed E-state index contributed by atoms with van der Waals surface area (Å²) in [5.41, 5.74) is 6.44. The maximum absolute atomic E-state index is 12.4. The van der Waals surface area contributed by atoms with E-state index in [-0.39, 0.29) is 0 Å². The van der Waals surface area contributed by atoms with Gasteiger partial charge in [-0.3, -0.25) is 0 Å². The summed E-state index contributed by atoms with van der Waals surface area (Å²) in [6.07, 6.45) is -1.31. The van der Waals surface area contributed by atoms with Crippen LogP contribution in [0, 0.1) is 0 Å². The molecule has 0 aliphatic carbocycles. The van der Waals surface area contributed by atoms with Gasteiger partial charge >= 0.3 is 6.16 Å². The highest BCUT2D eigenvalue weighted by Crippen LogP contribution is 2.69. The molecule has 1 N–H and O–H groups in total. The number of carbonyl (C=O) groups is 1. The third-order valence-corrected chi connectivity index (χ3v) is 10.3. The average Bonchev–Trinajstić information content (AvgIpc) is 3.05. The Bertz CT molecular complexity index is 1530. The van der Waals surface area contributed by atoms with Crippen molar-refractivity contribution in [3.05, 3.63) is 164 Å². The van der Waals surface area contributed by atoms with Crippen LogP contribution in [0.1, 0.15) is 0 Å². The summed E-state index contributed by atoms with van der Waals surface area (Å²) < 4.78 is 6.03. The van der Waals surface area contributed by atoms with Gasteiger partial charge in [0.25, 0.3) is 0 Å². The highest BCUT2D eigenvalue weighted by atomic mass is 32.3. The maximum atomic E-state index is 12.4. The Hall–Kier alpha value is -5.06. The molecule has 0 spiro atoms. The first-order chi connectivity index (χ1) is 20.1. The van der Waals surface area contributed by atoms with Crippen molar-refractivity contribution in [2.45, 2.75) is 14.7 Å². The molecule has 0 aromatic heterocycles. The van der Waals surface area contributed by atoms with Gasteiger partial charge in [0, 0.05) is 14.7 Å². The van der Waals surface area contributed by atoms with Gasteiger partial charge in [-0.15, -0.1) is 0 Å². The second kappa shape index (κ2) is 11.6. The Morgan fingerprint density at radius 2 is 0.634 bits per heavy atom. The lowest BCUT2D eigenvalue weighted by Crippen LogP contribution is -2.12. The molecule has 0 unspecified atom stereocenters. The molecule has 41 heavy (non-hydrogen) atoms. The predicted octanol–water partition coefficient (Wildman–Crippen LogP) is 10.6. The van der Waals surface area contributed by atoms with E-state index in [1.807, 2.05) is 127 Å². The van der Waals surface area contributed by atoms with Gasteiger partial charge in [-0.1, -0.05) is 127 Å². The van der Waals surface area contributed by atoms with E-state index in [4.69, 9.17) is 4.18 Å². The van der Waals surface area contributed by atoms with Gasteiger partial charge in [0.1, 0.15) is 0 Å². The maximum Gasteiger partial charge on any atom is 0.517 e. The minimum atomic E-state index is -2.63. The van der Waals surface area contributed by atoms with Crippen molar-refractivity contribution in [3.8, 4) is 33.4 Å². The Balaban J connectivity index is 1.51. The first-order valence-corrected chi connectivity index (χ1v) is 14.9. The van der Waals surface area contributed by atoms with Gasteiger partial charge < -0.3 is 9.29 Å². The molecule has 0 aliphatic heterocycles. The zero-order chi connectivity index (χ0) is 28.1. The van der Waals surface area contributed by atoms with E-state index in [1.165, 1.54) is 0 Å². The lowest BCUT2D eigenvalue weighted by Gasteiger charge is -2.39. The molecule has 0 radical (unpaired) electrons. The number of benzene rings is 6. The van der Waals surface area contributed by atoms with Crippen molar-refractivity contribution in [3.63, 3.8) is 0 Å². The summed E-state index contributed by atoms with van der Waals surface area (Å²) >= 11 is 0. The number of rotatable bonds is 7. The van der Waals surface area contributed by atoms with Crippen LogP contribution in [0.25, 0.3) is 33.4 Å². The second-order valence-electron chi connectivity index (χ2n) is 9.58. The normalized spacial score (nSPS) is 11.5. The molecular weight excluding hydrogens is 524 g/mol. The molecule has 0 aliphatic rings. The number of hydrogen-bond acceptors (Lipinski definition) is 2. The van der Waals surface area contributed by atoms with E-state index in [1.54, 1.807) is 0 Å². The van der Waals surface area contributed by atoms with Crippen molar-refractivity contribution >= 4 is 16.5 Å². The Kier molecular flexibility index (Phi) is 7.40. The SMILES string of the molecule is O=C(O)OS(c1ccc(-c2ccccc2)cc1)(c1ccc(-c2ccccc2)cc1)c1ccc(-c2ccccc2)cc1. The van der Waals surface area contributed by atoms with Gasteiger partial charge in [-0.2, -0.15) is 0 Å². The Labute approximate surface area is 241 Å². The molecule has 0 fully saturated rings. The molecule has 0 saturated carbocycles. The monoisotopic (exact) mass is 552 g/mol. The molecule has 6 aromatic carbocycles. The predicted molar refractivity (Wildman–Crippen MR) is 167 cm³/mol. The van der Waals surface area contributed by atoms with Crippen LogP contribution in [0.4, 0.5) is 4.79 Å². The van der Waals surface area contributed by atoms with Crippen LogP contribution >= 0.6 is 10.3 Å². The molecule has 4 heteroatoms. The average molecular weight is 553 g/mol. The standard InChI is InChI=1S/C37H28O3S/c38-37(39)40-41(34-22-16-31(17-23-34)28-10-4-1-5-11-28,35-24-18-32(19-25-35)29-12-6-2-7-13-29)36-26-20-33(21-27-36)30-14-8-3-9-15-30/h1-27H,(H,38,39). The van der Waals surface area contributed by atoms with Crippen molar-refractivity contribution in [1.29, 1.82) is 0 Å². The highest BCUT2D eigenvalue weighted by molar-refractivity contribution is 8.30. The van der Waals surface area contributed by atoms with Gasteiger partial charge in [0.05, 0.1) is 0 Å². The molecule has 6 aromatic rings. The molecule has 0 atom stereocenters. The van der Waals surface area contributed by atoms with Gasteiger partial charge in [0.2, 0.25) is 0 Å². The van der Waals surface area contributed by atoms with Gasteiger partial charge in [-0.25, -0.2) is 4.79 Å². The number of hydrogen-bond donors (Lipinski definition) is 1. The summed E-state index contributed by atoms with van der Waals surface area (Å²) in [6, 6.07) is 54.6. The minimum absolute atomic E-state index is 0.805. The topological polar surface area (TPSA) is 46.5 Å². The molecule has 6 rings (SSSR count). The van der Waals surface area contributed by atoms with Crippen molar-refractivity contribution < 1.29 is 14.1 Å². The van der Waals surface area contributed by atoms with E-state index in [2.05, 4.69) is 36.4 Å². The zero-order valence-corrected chi connectivity index (χ0v) is 23.1. The third kappa shape index (κ3) is 5.38.